The second kappa shape index (κ2) is 6.62. The molecule has 2 aliphatic rings. The average Bonchev–Trinajstić information content (AvgIpc) is 2.77. The molecule has 1 saturated heterocycles. The molecular formula is C15H30N2S. The predicted molar refractivity (Wildman–Crippen MR) is 82.4 cm³/mol. The predicted octanol–water partition coefficient (Wildman–Crippen LogP) is 2.98. The minimum atomic E-state index is 0.474. The van der Waals surface area contributed by atoms with Crippen LogP contribution in [0, 0.1) is 5.92 Å². The summed E-state index contributed by atoms with van der Waals surface area (Å²) in [6.07, 6.45) is 5.65. The molecule has 1 heterocycles. The molecule has 0 aromatic rings. The summed E-state index contributed by atoms with van der Waals surface area (Å²) in [5.41, 5.74) is 0.474. The first kappa shape index (κ1) is 14.7. The fourth-order valence-corrected chi connectivity index (χ4v) is 4.28. The van der Waals surface area contributed by atoms with Gasteiger partial charge in [-0.25, -0.2) is 0 Å². The van der Waals surface area contributed by atoms with Gasteiger partial charge in [0, 0.05) is 37.0 Å². The van der Waals surface area contributed by atoms with E-state index in [2.05, 4.69) is 42.7 Å². The van der Waals surface area contributed by atoms with Crippen molar-refractivity contribution in [3.05, 3.63) is 0 Å². The minimum Gasteiger partial charge on any atom is -0.308 e. The molecule has 3 heteroatoms. The SMILES string of the molecule is CCSCCN1CC2(CCCC2)NCC1C(C)C. The lowest BCUT2D eigenvalue weighted by atomic mass is 9.89. The number of piperazine rings is 1. The molecule has 1 saturated carbocycles. The molecule has 1 unspecified atom stereocenters. The maximum atomic E-state index is 3.90. The Morgan fingerprint density at radius 3 is 2.67 bits per heavy atom. The first-order chi connectivity index (χ1) is 8.67. The molecule has 1 aliphatic carbocycles. The first-order valence-electron chi connectivity index (χ1n) is 7.74. The molecule has 2 nitrogen and oxygen atoms in total. The number of nitrogens with zero attached hydrogens (tertiary/aromatic N) is 1. The molecule has 106 valence electrons. The van der Waals surface area contributed by atoms with Crippen molar-refractivity contribution < 1.29 is 0 Å². The highest BCUT2D eigenvalue weighted by Crippen LogP contribution is 2.34. The largest absolute Gasteiger partial charge is 0.308 e. The van der Waals surface area contributed by atoms with Crippen LogP contribution in [-0.2, 0) is 0 Å². The molecule has 1 spiro atoms. The van der Waals surface area contributed by atoms with Gasteiger partial charge in [0.15, 0.2) is 0 Å². The highest BCUT2D eigenvalue weighted by Gasteiger charge is 2.41. The summed E-state index contributed by atoms with van der Waals surface area (Å²) < 4.78 is 0. The summed E-state index contributed by atoms with van der Waals surface area (Å²) in [5.74, 6) is 3.32. The summed E-state index contributed by atoms with van der Waals surface area (Å²) in [5, 5.41) is 3.90. The van der Waals surface area contributed by atoms with Crippen molar-refractivity contribution in [2.24, 2.45) is 5.92 Å². The van der Waals surface area contributed by atoms with Crippen molar-refractivity contribution in [2.75, 3.05) is 31.1 Å². The molecule has 0 bridgehead atoms. The van der Waals surface area contributed by atoms with E-state index in [0.717, 1.165) is 12.0 Å². The zero-order valence-electron chi connectivity index (χ0n) is 12.4. The Kier molecular flexibility index (Phi) is 5.40. The van der Waals surface area contributed by atoms with Gasteiger partial charge in [0.1, 0.15) is 0 Å². The Hall–Kier alpha value is 0.270. The molecule has 2 fully saturated rings. The van der Waals surface area contributed by atoms with Crippen molar-refractivity contribution >= 4 is 11.8 Å². The summed E-state index contributed by atoms with van der Waals surface area (Å²) in [7, 11) is 0. The monoisotopic (exact) mass is 270 g/mol. The van der Waals surface area contributed by atoms with Crippen LogP contribution in [0.25, 0.3) is 0 Å². The van der Waals surface area contributed by atoms with Gasteiger partial charge >= 0.3 is 0 Å². The lowest BCUT2D eigenvalue weighted by Gasteiger charge is -2.48. The van der Waals surface area contributed by atoms with Gasteiger partial charge in [-0.2, -0.15) is 11.8 Å². The van der Waals surface area contributed by atoms with E-state index in [1.54, 1.807) is 0 Å². The average molecular weight is 270 g/mol. The van der Waals surface area contributed by atoms with E-state index in [1.807, 2.05) is 0 Å². The number of hydrogen-bond donors (Lipinski definition) is 1. The zero-order chi connectivity index (χ0) is 13.0. The lowest BCUT2D eigenvalue weighted by molar-refractivity contribution is 0.0627. The molecule has 1 aliphatic heterocycles. The summed E-state index contributed by atoms with van der Waals surface area (Å²) in [6, 6.07) is 0.744. The second-order valence-corrected chi connectivity index (χ2v) is 7.74. The van der Waals surface area contributed by atoms with E-state index in [1.165, 1.54) is 56.8 Å². The third kappa shape index (κ3) is 3.43. The molecule has 0 amide bonds. The van der Waals surface area contributed by atoms with Crippen molar-refractivity contribution in [2.45, 2.75) is 58.0 Å². The van der Waals surface area contributed by atoms with Crippen molar-refractivity contribution in [1.82, 2.24) is 10.2 Å². The van der Waals surface area contributed by atoms with E-state index < -0.39 is 0 Å². The van der Waals surface area contributed by atoms with Crippen LogP contribution in [0.1, 0.15) is 46.5 Å². The van der Waals surface area contributed by atoms with Gasteiger partial charge in [0.2, 0.25) is 0 Å². The topological polar surface area (TPSA) is 15.3 Å². The van der Waals surface area contributed by atoms with E-state index in [-0.39, 0.29) is 0 Å². The molecule has 18 heavy (non-hydrogen) atoms. The van der Waals surface area contributed by atoms with Crippen LogP contribution in [0.2, 0.25) is 0 Å². The van der Waals surface area contributed by atoms with Gasteiger partial charge in [0.25, 0.3) is 0 Å². The van der Waals surface area contributed by atoms with E-state index >= 15 is 0 Å². The third-order valence-corrected chi connectivity index (χ3v) is 5.60. The Morgan fingerprint density at radius 2 is 2.06 bits per heavy atom. The smallest absolute Gasteiger partial charge is 0.0309 e. The van der Waals surface area contributed by atoms with Crippen LogP contribution in [0.5, 0.6) is 0 Å². The summed E-state index contributed by atoms with van der Waals surface area (Å²) in [6.45, 7) is 10.8. The Bertz CT molecular complexity index is 249. The Balaban J connectivity index is 1.94. The van der Waals surface area contributed by atoms with Gasteiger partial charge in [0.05, 0.1) is 0 Å². The molecule has 0 aromatic heterocycles. The first-order valence-corrected chi connectivity index (χ1v) is 8.89. The molecule has 1 N–H and O–H groups in total. The van der Waals surface area contributed by atoms with Crippen LogP contribution in [0.15, 0.2) is 0 Å². The number of nitrogens with one attached hydrogen (secondary N) is 1. The van der Waals surface area contributed by atoms with Gasteiger partial charge in [-0.15, -0.1) is 0 Å². The Labute approximate surface area is 117 Å². The lowest BCUT2D eigenvalue weighted by Crippen LogP contribution is -2.64. The van der Waals surface area contributed by atoms with E-state index in [4.69, 9.17) is 0 Å². The maximum Gasteiger partial charge on any atom is 0.0309 e. The van der Waals surface area contributed by atoms with Crippen molar-refractivity contribution in [1.29, 1.82) is 0 Å². The molecule has 0 aromatic carbocycles. The fourth-order valence-electron chi connectivity index (χ4n) is 3.63. The van der Waals surface area contributed by atoms with Gasteiger partial charge < -0.3 is 5.32 Å². The summed E-state index contributed by atoms with van der Waals surface area (Å²) >= 11 is 2.08. The van der Waals surface area contributed by atoms with E-state index in [9.17, 15) is 0 Å². The van der Waals surface area contributed by atoms with Gasteiger partial charge in [-0.05, 0) is 24.5 Å². The number of rotatable bonds is 5. The van der Waals surface area contributed by atoms with Crippen molar-refractivity contribution in [3.8, 4) is 0 Å². The van der Waals surface area contributed by atoms with Crippen LogP contribution in [-0.4, -0.2) is 47.6 Å². The quantitative estimate of drug-likeness (QED) is 0.773. The van der Waals surface area contributed by atoms with Crippen molar-refractivity contribution in [3.63, 3.8) is 0 Å². The maximum absolute atomic E-state index is 3.90. The normalized spacial score (nSPS) is 28.3. The van der Waals surface area contributed by atoms with Crippen LogP contribution in [0.3, 0.4) is 0 Å². The molecule has 1 atom stereocenters. The van der Waals surface area contributed by atoms with E-state index in [0.29, 0.717) is 5.54 Å². The minimum absolute atomic E-state index is 0.474. The zero-order valence-corrected chi connectivity index (χ0v) is 13.2. The van der Waals surface area contributed by atoms with Crippen LogP contribution >= 0.6 is 11.8 Å². The van der Waals surface area contributed by atoms with Gasteiger partial charge in [-0.1, -0.05) is 33.6 Å². The highest BCUT2D eigenvalue weighted by molar-refractivity contribution is 7.99. The number of thioether (sulfide) groups is 1. The number of hydrogen-bond acceptors (Lipinski definition) is 3. The third-order valence-electron chi connectivity index (χ3n) is 4.72. The Morgan fingerprint density at radius 1 is 1.33 bits per heavy atom. The fraction of sp³-hybridized carbons (Fsp3) is 1.00. The molecule has 0 radical (unpaired) electrons. The molecular weight excluding hydrogens is 240 g/mol. The van der Waals surface area contributed by atoms with Crippen LogP contribution < -0.4 is 5.32 Å². The summed E-state index contributed by atoms with van der Waals surface area (Å²) in [4.78, 5) is 2.79. The second-order valence-electron chi connectivity index (χ2n) is 6.35. The molecule has 2 rings (SSSR count). The standard InChI is InChI=1S/C15H30N2S/c1-4-18-10-9-17-12-15(7-5-6-8-15)16-11-14(17)13(2)3/h13-14,16H,4-12H2,1-3H3. The van der Waals surface area contributed by atoms with Crippen LogP contribution in [0.4, 0.5) is 0 Å². The van der Waals surface area contributed by atoms with Gasteiger partial charge in [-0.3, -0.25) is 4.90 Å². The highest BCUT2D eigenvalue weighted by atomic mass is 32.2.